The van der Waals surface area contributed by atoms with E-state index in [0.29, 0.717) is 0 Å². The summed E-state index contributed by atoms with van der Waals surface area (Å²) in [6.45, 7) is 6.17. The van der Waals surface area contributed by atoms with Gasteiger partial charge in [-0.15, -0.1) is 10.2 Å². The van der Waals surface area contributed by atoms with E-state index < -0.39 is 0 Å². The minimum Gasteiger partial charge on any atom is -0.301 e. The van der Waals surface area contributed by atoms with E-state index in [-0.39, 0.29) is 0 Å². The summed E-state index contributed by atoms with van der Waals surface area (Å²) in [4.78, 5) is 4.58. The van der Waals surface area contributed by atoms with Crippen LogP contribution in [0.1, 0.15) is 17.0 Å². The van der Waals surface area contributed by atoms with Gasteiger partial charge in [0.15, 0.2) is 5.65 Å². The molecule has 0 fully saturated rings. The normalized spacial score (nSPS) is 11.6. The van der Waals surface area contributed by atoms with Crippen LogP contribution >= 0.6 is 0 Å². The number of aryl methyl sites for hydroxylation is 3. The van der Waals surface area contributed by atoms with Crippen LogP contribution in [0.25, 0.3) is 22.4 Å². The van der Waals surface area contributed by atoms with E-state index in [1.165, 1.54) is 11.1 Å². The van der Waals surface area contributed by atoms with Gasteiger partial charge in [-0.3, -0.25) is 4.40 Å². The van der Waals surface area contributed by atoms with Gasteiger partial charge in [0, 0.05) is 11.9 Å². The summed E-state index contributed by atoms with van der Waals surface area (Å²) in [6.07, 6.45) is 3.82. The molecule has 4 rings (SSSR count). The van der Waals surface area contributed by atoms with Crippen LogP contribution in [0.5, 0.6) is 0 Å². The van der Waals surface area contributed by atoms with Crippen molar-refractivity contribution in [2.75, 3.05) is 0 Å². The van der Waals surface area contributed by atoms with Crippen molar-refractivity contribution in [1.82, 2.24) is 24.1 Å². The Bertz CT molecular complexity index is 977. The molecule has 3 heterocycles. The zero-order valence-corrected chi connectivity index (χ0v) is 12.2. The summed E-state index contributed by atoms with van der Waals surface area (Å²) < 4.78 is 4.00. The number of nitrogens with zero attached hydrogens (tertiary/aromatic N) is 5. The summed E-state index contributed by atoms with van der Waals surface area (Å²) in [7, 11) is 0. The number of hydrogen-bond acceptors (Lipinski definition) is 3. The predicted molar refractivity (Wildman–Crippen MR) is 81.8 cm³/mol. The van der Waals surface area contributed by atoms with E-state index in [1.54, 1.807) is 6.33 Å². The third-order valence-electron chi connectivity index (χ3n) is 4.03. The number of fused-ring (bicyclic) bond motifs is 3. The Morgan fingerprint density at radius 1 is 0.905 bits per heavy atom. The molecule has 0 atom stereocenters. The van der Waals surface area contributed by atoms with Gasteiger partial charge >= 0.3 is 0 Å². The molecule has 5 nitrogen and oxygen atoms in total. The quantitative estimate of drug-likeness (QED) is 0.537. The number of aromatic nitrogens is 5. The van der Waals surface area contributed by atoms with E-state index in [1.807, 2.05) is 23.6 Å². The highest BCUT2D eigenvalue weighted by atomic mass is 15.3. The standard InChI is InChI=1S/C16H15N5/c1-10-4-5-13(8-11(10)2)20-7-6-14-15(20)17-9-21-12(3)18-19-16(14)21/h4-9H,1-3H3. The Morgan fingerprint density at radius 2 is 1.76 bits per heavy atom. The van der Waals surface area contributed by atoms with Gasteiger partial charge in [-0.2, -0.15) is 0 Å². The maximum Gasteiger partial charge on any atom is 0.173 e. The van der Waals surface area contributed by atoms with Crippen LogP contribution in [0.15, 0.2) is 36.8 Å². The Labute approximate surface area is 121 Å². The van der Waals surface area contributed by atoms with Gasteiger partial charge in [0.1, 0.15) is 17.8 Å². The second kappa shape index (κ2) is 4.15. The lowest BCUT2D eigenvalue weighted by atomic mass is 10.1. The monoisotopic (exact) mass is 277 g/mol. The van der Waals surface area contributed by atoms with Crippen LogP contribution in [0.4, 0.5) is 0 Å². The Balaban J connectivity index is 2.01. The summed E-state index contributed by atoms with van der Waals surface area (Å²) >= 11 is 0. The van der Waals surface area contributed by atoms with Crippen molar-refractivity contribution in [1.29, 1.82) is 0 Å². The summed E-state index contributed by atoms with van der Waals surface area (Å²) in [6, 6.07) is 8.47. The van der Waals surface area contributed by atoms with Gasteiger partial charge < -0.3 is 4.57 Å². The van der Waals surface area contributed by atoms with Gasteiger partial charge in [-0.1, -0.05) is 6.07 Å². The lowest BCUT2D eigenvalue weighted by Gasteiger charge is -2.08. The van der Waals surface area contributed by atoms with Crippen LogP contribution in [0.3, 0.4) is 0 Å². The third-order valence-corrected chi connectivity index (χ3v) is 4.03. The third kappa shape index (κ3) is 1.67. The van der Waals surface area contributed by atoms with Crippen LogP contribution in [0.2, 0.25) is 0 Å². The molecule has 5 heteroatoms. The minimum atomic E-state index is 0.846. The molecule has 0 unspecified atom stereocenters. The fourth-order valence-corrected chi connectivity index (χ4v) is 2.62. The van der Waals surface area contributed by atoms with E-state index >= 15 is 0 Å². The van der Waals surface area contributed by atoms with Crippen LogP contribution in [-0.2, 0) is 0 Å². The van der Waals surface area contributed by atoms with Crippen molar-refractivity contribution < 1.29 is 0 Å². The first kappa shape index (κ1) is 12.1. The molecule has 0 saturated heterocycles. The van der Waals surface area contributed by atoms with Gasteiger partial charge in [0.05, 0.1) is 5.39 Å². The maximum absolute atomic E-state index is 4.58. The highest BCUT2D eigenvalue weighted by Crippen LogP contribution is 2.23. The molecule has 3 aromatic heterocycles. The molecule has 0 aliphatic carbocycles. The van der Waals surface area contributed by atoms with Crippen LogP contribution in [-0.4, -0.2) is 24.1 Å². The van der Waals surface area contributed by atoms with Crippen molar-refractivity contribution >= 4 is 16.7 Å². The first-order chi connectivity index (χ1) is 10.1. The lowest BCUT2D eigenvalue weighted by molar-refractivity contribution is 0.981. The van der Waals surface area contributed by atoms with Gasteiger partial charge in [0.2, 0.25) is 0 Å². The number of hydrogen-bond donors (Lipinski definition) is 0. The predicted octanol–water partition coefficient (Wildman–Crippen LogP) is 2.99. The average molecular weight is 277 g/mol. The molecule has 21 heavy (non-hydrogen) atoms. The molecule has 0 bridgehead atoms. The molecule has 1 aromatic carbocycles. The highest BCUT2D eigenvalue weighted by molar-refractivity contribution is 5.90. The maximum atomic E-state index is 4.58. The Hall–Kier alpha value is -2.69. The second-order valence-electron chi connectivity index (χ2n) is 5.38. The van der Waals surface area contributed by atoms with Gasteiger partial charge in [-0.25, -0.2) is 4.98 Å². The van der Waals surface area contributed by atoms with Crippen molar-refractivity contribution in [3.05, 3.63) is 53.7 Å². The van der Waals surface area contributed by atoms with Crippen molar-refractivity contribution in [3.8, 4) is 5.69 Å². The molecule has 104 valence electrons. The number of rotatable bonds is 1. The fourth-order valence-electron chi connectivity index (χ4n) is 2.62. The molecular weight excluding hydrogens is 262 g/mol. The molecule has 0 aliphatic rings. The zero-order chi connectivity index (χ0) is 14.6. The minimum absolute atomic E-state index is 0.846. The molecule has 4 aromatic rings. The first-order valence-electron chi connectivity index (χ1n) is 6.90. The molecular formula is C16H15N5. The summed E-state index contributed by atoms with van der Waals surface area (Å²) in [5, 5.41) is 9.37. The average Bonchev–Trinajstić information content (AvgIpc) is 3.06. The van der Waals surface area contributed by atoms with E-state index in [2.05, 4.69) is 51.8 Å². The van der Waals surface area contributed by atoms with Crippen LogP contribution in [0, 0.1) is 20.8 Å². The van der Waals surface area contributed by atoms with E-state index in [0.717, 1.165) is 28.2 Å². The second-order valence-corrected chi connectivity index (χ2v) is 5.38. The van der Waals surface area contributed by atoms with E-state index in [9.17, 15) is 0 Å². The molecule has 0 aliphatic heterocycles. The topological polar surface area (TPSA) is 48.0 Å². The van der Waals surface area contributed by atoms with Gasteiger partial charge in [0.25, 0.3) is 0 Å². The molecule has 0 radical (unpaired) electrons. The molecule has 0 spiro atoms. The Morgan fingerprint density at radius 3 is 2.57 bits per heavy atom. The van der Waals surface area contributed by atoms with Crippen molar-refractivity contribution in [2.45, 2.75) is 20.8 Å². The molecule has 0 N–H and O–H groups in total. The fraction of sp³-hybridized carbons (Fsp3) is 0.188. The van der Waals surface area contributed by atoms with Crippen LogP contribution < -0.4 is 0 Å². The van der Waals surface area contributed by atoms with Gasteiger partial charge in [-0.05, 0) is 50.1 Å². The smallest absolute Gasteiger partial charge is 0.173 e. The first-order valence-corrected chi connectivity index (χ1v) is 6.90. The lowest BCUT2D eigenvalue weighted by Crippen LogP contribution is -1.97. The largest absolute Gasteiger partial charge is 0.301 e. The van der Waals surface area contributed by atoms with E-state index in [4.69, 9.17) is 0 Å². The van der Waals surface area contributed by atoms with Crippen molar-refractivity contribution in [3.63, 3.8) is 0 Å². The zero-order valence-electron chi connectivity index (χ0n) is 12.2. The molecule has 0 amide bonds. The number of benzene rings is 1. The Kier molecular flexibility index (Phi) is 2.39. The van der Waals surface area contributed by atoms with Crippen molar-refractivity contribution in [2.24, 2.45) is 0 Å². The summed E-state index contributed by atoms with van der Waals surface area (Å²) in [5.41, 5.74) is 5.42. The summed E-state index contributed by atoms with van der Waals surface area (Å²) in [5.74, 6) is 0.846. The molecule has 0 saturated carbocycles. The SMILES string of the molecule is Cc1ccc(-n2ccc3c2ncn2c(C)nnc32)cc1C. The highest BCUT2D eigenvalue weighted by Gasteiger charge is 2.11.